The van der Waals surface area contributed by atoms with E-state index in [1.807, 2.05) is 18.2 Å². The Kier molecular flexibility index (Phi) is 6.27. The Bertz CT molecular complexity index is 744. The van der Waals surface area contributed by atoms with E-state index >= 15 is 0 Å². The van der Waals surface area contributed by atoms with Crippen molar-refractivity contribution in [2.75, 3.05) is 18.6 Å². The van der Waals surface area contributed by atoms with E-state index < -0.39 is 0 Å². The number of ether oxygens (including phenoxy) is 2. The molecule has 2 N–H and O–H groups in total. The lowest BCUT2D eigenvalue weighted by atomic mass is 10.2. The van der Waals surface area contributed by atoms with Crippen LogP contribution in [0.25, 0.3) is 0 Å². The van der Waals surface area contributed by atoms with Crippen LogP contribution < -0.4 is 15.2 Å². The molecule has 126 valence electrons. The van der Waals surface area contributed by atoms with Crippen LogP contribution in [0.3, 0.4) is 0 Å². The molecule has 1 aromatic heterocycles. The van der Waals surface area contributed by atoms with E-state index in [0.717, 1.165) is 5.75 Å². The van der Waals surface area contributed by atoms with E-state index in [2.05, 4.69) is 29.9 Å². The Labute approximate surface area is 146 Å². The molecular formula is C17H20N4O2S. The van der Waals surface area contributed by atoms with Crippen LogP contribution in [-0.4, -0.2) is 22.8 Å². The SMILES string of the molecule is COc1cccc(OCc2nc(SCC(C)C)nc(N)c2C#N)c1. The number of nitrogens with two attached hydrogens (primary N) is 1. The summed E-state index contributed by atoms with van der Waals surface area (Å²) in [6, 6.07) is 9.29. The number of thioether (sulfide) groups is 1. The van der Waals surface area contributed by atoms with Crippen LogP contribution in [0.5, 0.6) is 11.5 Å². The van der Waals surface area contributed by atoms with Gasteiger partial charge in [0.05, 0.1) is 7.11 Å². The van der Waals surface area contributed by atoms with Crippen molar-refractivity contribution >= 4 is 17.6 Å². The Morgan fingerprint density at radius 1 is 1.29 bits per heavy atom. The number of aromatic nitrogens is 2. The van der Waals surface area contributed by atoms with Crippen molar-refractivity contribution in [1.29, 1.82) is 5.26 Å². The van der Waals surface area contributed by atoms with Crippen molar-refractivity contribution in [3.63, 3.8) is 0 Å². The predicted molar refractivity (Wildman–Crippen MR) is 94.0 cm³/mol. The first-order chi connectivity index (χ1) is 11.5. The summed E-state index contributed by atoms with van der Waals surface area (Å²) in [4.78, 5) is 8.62. The van der Waals surface area contributed by atoms with Crippen molar-refractivity contribution in [2.24, 2.45) is 5.92 Å². The molecule has 0 spiro atoms. The fourth-order valence-corrected chi connectivity index (χ4v) is 2.70. The van der Waals surface area contributed by atoms with E-state index in [9.17, 15) is 5.26 Å². The number of nitrogens with zero attached hydrogens (tertiary/aromatic N) is 3. The van der Waals surface area contributed by atoms with Gasteiger partial charge in [-0.2, -0.15) is 5.26 Å². The van der Waals surface area contributed by atoms with Gasteiger partial charge in [-0.25, -0.2) is 9.97 Å². The van der Waals surface area contributed by atoms with Gasteiger partial charge in [-0.05, 0) is 18.1 Å². The highest BCUT2D eigenvalue weighted by Gasteiger charge is 2.14. The smallest absolute Gasteiger partial charge is 0.189 e. The monoisotopic (exact) mass is 344 g/mol. The maximum absolute atomic E-state index is 9.30. The van der Waals surface area contributed by atoms with Gasteiger partial charge in [-0.3, -0.25) is 0 Å². The molecule has 0 aliphatic rings. The van der Waals surface area contributed by atoms with Gasteiger partial charge >= 0.3 is 0 Å². The molecule has 6 nitrogen and oxygen atoms in total. The van der Waals surface area contributed by atoms with E-state index in [0.29, 0.717) is 28.3 Å². The number of hydrogen-bond donors (Lipinski definition) is 1. The zero-order chi connectivity index (χ0) is 17.5. The average molecular weight is 344 g/mol. The fraction of sp³-hybridized carbons (Fsp3) is 0.353. The molecule has 0 radical (unpaired) electrons. The summed E-state index contributed by atoms with van der Waals surface area (Å²) in [6.07, 6.45) is 0. The van der Waals surface area contributed by atoms with Crippen LogP contribution in [0.15, 0.2) is 29.4 Å². The van der Waals surface area contributed by atoms with Gasteiger partial charge in [0, 0.05) is 11.8 Å². The molecule has 0 saturated carbocycles. The summed E-state index contributed by atoms with van der Waals surface area (Å²) in [5.41, 5.74) is 6.63. The third-order valence-corrected chi connectivity index (χ3v) is 4.34. The maximum Gasteiger partial charge on any atom is 0.189 e. The van der Waals surface area contributed by atoms with Crippen molar-refractivity contribution in [3.05, 3.63) is 35.5 Å². The first-order valence-corrected chi connectivity index (χ1v) is 8.48. The van der Waals surface area contributed by atoms with Crippen LogP contribution >= 0.6 is 11.8 Å². The molecule has 1 heterocycles. The highest BCUT2D eigenvalue weighted by Crippen LogP contribution is 2.24. The number of rotatable bonds is 7. The second-order valence-corrected chi connectivity index (χ2v) is 6.48. The lowest BCUT2D eigenvalue weighted by molar-refractivity contribution is 0.297. The molecule has 2 rings (SSSR count). The van der Waals surface area contributed by atoms with E-state index in [-0.39, 0.29) is 18.0 Å². The molecule has 0 fully saturated rings. The minimum absolute atomic E-state index is 0.137. The lowest BCUT2D eigenvalue weighted by Crippen LogP contribution is -2.08. The third kappa shape index (κ3) is 4.77. The van der Waals surface area contributed by atoms with E-state index in [1.165, 1.54) is 11.8 Å². The molecule has 0 unspecified atom stereocenters. The molecule has 0 saturated heterocycles. The molecule has 0 atom stereocenters. The van der Waals surface area contributed by atoms with Crippen molar-refractivity contribution in [1.82, 2.24) is 9.97 Å². The molecule has 0 amide bonds. The Balaban J connectivity index is 2.19. The molecule has 24 heavy (non-hydrogen) atoms. The Morgan fingerprint density at radius 3 is 2.71 bits per heavy atom. The average Bonchev–Trinajstić information content (AvgIpc) is 2.58. The van der Waals surface area contributed by atoms with Gasteiger partial charge in [-0.1, -0.05) is 31.7 Å². The standard InChI is InChI=1S/C17H20N4O2S/c1-11(2)10-24-17-20-15(14(8-18)16(19)21-17)9-23-13-6-4-5-12(7-13)22-3/h4-7,11H,9-10H2,1-3H3,(H2,19,20,21). The summed E-state index contributed by atoms with van der Waals surface area (Å²) in [5.74, 6) is 2.90. The fourth-order valence-electron chi connectivity index (χ4n) is 1.88. The van der Waals surface area contributed by atoms with E-state index in [1.54, 1.807) is 13.2 Å². The molecule has 7 heteroatoms. The molecule has 0 aliphatic carbocycles. The first-order valence-electron chi connectivity index (χ1n) is 7.49. The minimum Gasteiger partial charge on any atom is -0.497 e. The highest BCUT2D eigenvalue weighted by atomic mass is 32.2. The van der Waals surface area contributed by atoms with Crippen molar-refractivity contribution < 1.29 is 9.47 Å². The van der Waals surface area contributed by atoms with Crippen LogP contribution in [-0.2, 0) is 6.61 Å². The van der Waals surface area contributed by atoms with Gasteiger partial charge in [0.25, 0.3) is 0 Å². The van der Waals surface area contributed by atoms with Crippen molar-refractivity contribution in [2.45, 2.75) is 25.6 Å². The second kappa shape index (κ2) is 8.41. The minimum atomic E-state index is 0.137. The van der Waals surface area contributed by atoms with Crippen LogP contribution in [0, 0.1) is 17.2 Å². The van der Waals surface area contributed by atoms with Gasteiger partial charge in [0.2, 0.25) is 0 Å². The zero-order valence-corrected chi connectivity index (χ0v) is 14.8. The van der Waals surface area contributed by atoms with Gasteiger partial charge in [0.1, 0.15) is 41.3 Å². The number of methoxy groups -OCH3 is 1. The highest BCUT2D eigenvalue weighted by molar-refractivity contribution is 7.99. The summed E-state index contributed by atoms with van der Waals surface area (Å²) >= 11 is 1.52. The molecule has 0 bridgehead atoms. The van der Waals surface area contributed by atoms with E-state index in [4.69, 9.17) is 15.2 Å². The summed E-state index contributed by atoms with van der Waals surface area (Å²) in [7, 11) is 1.59. The quantitative estimate of drug-likeness (QED) is 0.608. The number of hydrogen-bond acceptors (Lipinski definition) is 7. The molecule has 1 aromatic carbocycles. The number of nitrogen functional groups attached to an aromatic ring is 1. The lowest BCUT2D eigenvalue weighted by Gasteiger charge is -2.11. The Hall–Kier alpha value is -2.46. The van der Waals surface area contributed by atoms with Gasteiger partial charge in [0.15, 0.2) is 5.16 Å². The number of nitriles is 1. The largest absolute Gasteiger partial charge is 0.497 e. The first kappa shape index (κ1) is 17.9. The Morgan fingerprint density at radius 2 is 2.04 bits per heavy atom. The number of anilines is 1. The summed E-state index contributed by atoms with van der Waals surface area (Å²) in [6.45, 7) is 4.37. The third-order valence-electron chi connectivity index (χ3n) is 3.07. The zero-order valence-electron chi connectivity index (χ0n) is 13.9. The van der Waals surface area contributed by atoms with Crippen LogP contribution in [0.4, 0.5) is 5.82 Å². The number of benzene rings is 1. The van der Waals surface area contributed by atoms with Crippen LogP contribution in [0.1, 0.15) is 25.1 Å². The normalized spacial score (nSPS) is 10.5. The van der Waals surface area contributed by atoms with Gasteiger partial charge in [-0.15, -0.1) is 0 Å². The second-order valence-electron chi connectivity index (χ2n) is 5.50. The molecular weight excluding hydrogens is 324 g/mol. The topological polar surface area (TPSA) is 94.1 Å². The summed E-state index contributed by atoms with van der Waals surface area (Å²) in [5, 5.41) is 9.85. The maximum atomic E-state index is 9.30. The predicted octanol–water partition coefficient (Wildman–Crippen LogP) is 3.27. The van der Waals surface area contributed by atoms with Crippen LogP contribution in [0.2, 0.25) is 0 Å². The summed E-state index contributed by atoms with van der Waals surface area (Å²) < 4.78 is 10.9. The molecule has 0 aliphatic heterocycles. The van der Waals surface area contributed by atoms with Crippen molar-refractivity contribution in [3.8, 4) is 17.6 Å². The van der Waals surface area contributed by atoms with Gasteiger partial charge < -0.3 is 15.2 Å². The molecule has 2 aromatic rings.